The van der Waals surface area contributed by atoms with Crippen molar-refractivity contribution in [2.24, 2.45) is 17.8 Å². The predicted molar refractivity (Wildman–Crippen MR) is 58.0 cm³/mol. The molecule has 0 aliphatic heterocycles. The van der Waals surface area contributed by atoms with Crippen molar-refractivity contribution < 1.29 is 34.9 Å². The van der Waals surface area contributed by atoms with Gasteiger partial charge in [-0.25, -0.2) is 17.2 Å². The Kier molecular flexibility index (Phi) is 3.41. The zero-order valence-electron chi connectivity index (χ0n) is 10.6. The monoisotopic (exact) mass is 321 g/mol. The van der Waals surface area contributed by atoms with Crippen LogP contribution in [0.25, 0.3) is 0 Å². The van der Waals surface area contributed by atoms with Gasteiger partial charge in [-0.2, -0.15) is 13.2 Å². The Hall–Kier alpha value is -0.440. The molecule has 3 nitrogen and oxygen atoms in total. The largest absolute Gasteiger partial charge is 0.747 e. The molecule has 0 N–H and O–H groups in total. The Morgan fingerprint density at radius 3 is 1.90 bits per heavy atom. The highest BCUT2D eigenvalue weighted by molar-refractivity contribution is 7.87. The van der Waals surface area contributed by atoms with Gasteiger partial charge in [0, 0.05) is 5.92 Å². The van der Waals surface area contributed by atoms with E-state index in [0.717, 1.165) is 0 Å². The molecule has 2 bridgehead atoms. The fourth-order valence-corrected chi connectivity index (χ4v) is 4.31. The van der Waals surface area contributed by atoms with Gasteiger partial charge in [0.2, 0.25) is 4.75 Å². The van der Waals surface area contributed by atoms with Crippen LogP contribution in [-0.4, -0.2) is 29.8 Å². The second-order valence-corrected chi connectivity index (χ2v) is 7.61. The van der Waals surface area contributed by atoms with E-state index < -0.39 is 38.8 Å². The molecule has 2 aliphatic carbocycles. The van der Waals surface area contributed by atoms with E-state index in [4.69, 9.17) is 0 Å². The van der Waals surface area contributed by atoms with Gasteiger partial charge in [-0.15, -0.1) is 0 Å². The lowest BCUT2D eigenvalue weighted by molar-refractivity contribution is -0.239. The summed E-state index contributed by atoms with van der Waals surface area (Å²) in [5, 5.41) is 0. The molecule has 0 amide bonds. The summed E-state index contributed by atoms with van der Waals surface area (Å²) in [5.41, 5.74) is 0. The van der Waals surface area contributed by atoms with Gasteiger partial charge in [-0.1, -0.05) is 6.42 Å². The Balaban J connectivity index is 2.49. The average molecular weight is 321 g/mol. The third kappa shape index (κ3) is 1.96. The van der Waals surface area contributed by atoms with Gasteiger partial charge >= 0.3 is 6.18 Å². The minimum Gasteiger partial charge on any atom is -0.747 e. The molecule has 118 valence electrons. The van der Waals surface area contributed by atoms with Crippen LogP contribution in [0.1, 0.15) is 32.6 Å². The molecule has 0 aromatic carbocycles. The summed E-state index contributed by atoms with van der Waals surface area (Å²) in [7, 11) is -6.26. The molecule has 2 rings (SSSR count). The topological polar surface area (TPSA) is 57.2 Å². The summed E-state index contributed by atoms with van der Waals surface area (Å²) in [6.07, 6.45) is -4.56. The van der Waals surface area contributed by atoms with E-state index in [1.807, 2.05) is 0 Å². The van der Waals surface area contributed by atoms with Crippen molar-refractivity contribution in [2.75, 3.05) is 0 Å². The Morgan fingerprint density at radius 1 is 1.05 bits per heavy atom. The first-order valence-corrected chi connectivity index (χ1v) is 7.63. The van der Waals surface area contributed by atoms with E-state index in [9.17, 15) is 34.9 Å². The van der Waals surface area contributed by atoms with Gasteiger partial charge in [-0.3, -0.25) is 0 Å². The van der Waals surface area contributed by atoms with E-state index >= 15 is 0 Å². The van der Waals surface area contributed by atoms with Crippen LogP contribution >= 0.6 is 0 Å². The van der Waals surface area contributed by atoms with Gasteiger partial charge < -0.3 is 4.55 Å². The molecular weight excluding hydrogens is 307 g/mol. The van der Waals surface area contributed by atoms with Crippen molar-refractivity contribution in [3.05, 3.63) is 0 Å². The van der Waals surface area contributed by atoms with E-state index in [0.29, 0.717) is 19.3 Å². The number of fused-ring (bicyclic) bond motifs is 2. The second kappa shape index (κ2) is 4.28. The summed E-state index contributed by atoms with van der Waals surface area (Å²) in [6.45, 7) is -0.193. The first-order chi connectivity index (χ1) is 8.82. The smallest absolute Gasteiger partial charge is 0.412 e. The minimum atomic E-state index is -6.26. The summed E-state index contributed by atoms with van der Waals surface area (Å²) in [6, 6.07) is 0. The van der Waals surface area contributed by atoms with Crippen LogP contribution in [0.3, 0.4) is 0 Å². The highest BCUT2D eigenvalue weighted by Crippen LogP contribution is 2.60. The zero-order chi connectivity index (χ0) is 15.6. The maximum Gasteiger partial charge on any atom is 0.412 e. The first kappa shape index (κ1) is 15.9. The molecule has 0 heterocycles. The van der Waals surface area contributed by atoms with Gasteiger partial charge in [0.15, 0.2) is 0 Å². The van der Waals surface area contributed by atoms with Crippen LogP contribution in [0.4, 0.5) is 22.0 Å². The summed E-state index contributed by atoms with van der Waals surface area (Å²) >= 11 is 0. The molecule has 0 aromatic rings. The highest BCUT2D eigenvalue weighted by atomic mass is 32.2. The summed E-state index contributed by atoms with van der Waals surface area (Å²) < 4.78 is 95.7. The van der Waals surface area contributed by atoms with E-state index in [2.05, 4.69) is 0 Å². The number of hydrogen-bond acceptors (Lipinski definition) is 3. The summed E-state index contributed by atoms with van der Waals surface area (Å²) in [4.78, 5) is 0. The van der Waals surface area contributed by atoms with E-state index in [1.165, 1.54) is 0 Å². The number of alkyl halides is 5. The molecule has 0 spiro atoms. The van der Waals surface area contributed by atoms with Crippen molar-refractivity contribution in [1.82, 2.24) is 0 Å². The molecule has 4 unspecified atom stereocenters. The second-order valence-electron chi connectivity index (χ2n) is 5.89. The lowest BCUT2D eigenvalue weighted by Crippen LogP contribution is -2.64. The van der Waals surface area contributed by atoms with Gasteiger partial charge in [0.05, 0.1) is 0 Å². The van der Waals surface area contributed by atoms with Gasteiger partial charge in [0.1, 0.15) is 10.1 Å². The summed E-state index contributed by atoms with van der Waals surface area (Å²) in [5.74, 6) is -7.05. The van der Waals surface area contributed by atoms with Crippen molar-refractivity contribution >= 4 is 10.1 Å². The molecule has 0 saturated heterocycles. The van der Waals surface area contributed by atoms with Gasteiger partial charge in [0.25, 0.3) is 5.92 Å². The Morgan fingerprint density at radius 2 is 1.60 bits per heavy atom. The maximum atomic E-state index is 14.3. The average Bonchev–Trinajstić information content (AvgIpc) is 2.86. The molecule has 20 heavy (non-hydrogen) atoms. The maximum absolute atomic E-state index is 14.3. The normalized spacial score (nSPS) is 34.2. The number of rotatable bonds is 3. The quantitative estimate of drug-likeness (QED) is 0.593. The van der Waals surface area contributed by atoms with Crippen LogP contribution < -0.4 is 0 Å². The van der Waals surface area contributed by atoms with Crippen molar-refractivity contribution in [3.63, 3.8) is 0 Å². The molecule has 0 radical (unpaired) electrons. The predicted octanol–water partition coefficient (Wildman–Crippen LogP) is 2.92. The van der Waals surface area contributed by atoms with Crippen molar-refractivity contribution in [2.45, 2.75) is 49.5 Å². The van der Waals surface area contributed by atoms with Crippen LogP contribution in [0.5, 0.6) is 0 Å². The van der Waals surface area contributed by atoms with Crippen molar-refractivity contribution in [1.29, 1.82) is 0 Å². The Bertz CT molecular complexity index is 501. The SMILES string of the molecule is CC(C(F)(F)F)(C(F)(F)C1CC2CCC1C2)S(=O)(=O)[O-]. The Labute approximate surface area is 113 Å². The van der Waals surface area contributed by atoms with Crippen LogP contribution in [0.2, 0.25) is 0 Å². The molecule has 2 aliphatic rings. The van der Waals surface area contributed by atoms with Crippen LogP contribution in [0, 0.1) is 17.8 Å². The van der Waals surface area contributed by atoms with Gasteiger partial charge in [-0.05, 0) is 38.0 Å². The fraction of sp³-hybridized carbons (Fsp3) is 1.00. The molecular formula is C11H14F5O3S-. The number of halogens is 5. The fourth-order valence-electron chi connectivity index (χ4n) is 3.54. The lowest BCUT2D eigenvalue weighted by Gasteiger charge is -2.44. The van der Waals surface area contributed by atoms with Crippen molar-refractivity contribution in [3.8, 4) is 0 Å². The third-order valence-corrected chi connectivity index (χ3v) is 6.38. The first-order valence-electron chi connectivity index (χ1n) is 6.22. The third-order valence-electron chi connectivity index (χ3n) is 4.88. The molecule has 2 saturated carbocycles. The highest BCUT2D eigenvalue weighted by Gasteiger charge is 2.74. The molecule has 0 aromatic heterocycles. The van der Waals surface area contributed by atoms with E-state index in [1.54, 1.807) is 0 Å². The molecule has 2 fully saturated rings. The molecule has 4 atom stereocenters. The standard InChI is InChI=1S/C11H15F5O3S/c1-9(11(14,15)16,20(17,18)19)10(12,13)8-5-6-2-3-7(8)4-6/h6-8H,2-5H2,1H3,(H,17,18,19)/p-1. The van der Waals surface area contributed by atoms with Crippen LogP contribution in [-0.2, 0) is 10.1 Å². The van der Waals surface area contributed by atoms with E-state index in [-0.39, 0.29) is 19.3 Å². The minimum absolute atomic E-state index is 0.0947. The number of hydrogen-bond donors (Lipinski definition) is 0. The van der Waals surface area contributed by atoms with Crippen LogP contribution in [0.15, 0.2) is 0 Å². The lowest BCUT2D eigenvalue weighted by atomic mass is 9.78. The zero-order valence-corrected chi connectivity index (χ0v) is 11.4. The molecule has 9 heteroatoms.